The van der Waals surface area contributed by atoms with Crippen LogP contribution in [0, 0.1) is 0 Å². The van der Waals surface area contributed by atoms with E-state index in [-0.39, 0.29) is 6.10 Å². The number of sulfone groups is 1. The quantitative estimate of drug-likeness (QED) is 0.899. The summed E-state index contributed by atoms with van der Waals surface area (Å²) < 4.78 is 27.9. The summed E-state index contributed by atoms with van der Waals surface area (Å²) in [6.07, 6.45) is 2.45. The number of rotatable bonds is 5. The number of hydrogen-bond acceptors (Lipinski definition) is 4. The predicted octanol–water partition coefficient (Wildman–Crippen LogP) is 2.08. The van der Waals surface area contributed by atoms with Crippen molar-refractivity contribution in [2.24, 2.45) is 0 Å². The van der Waals surface area contributed by atoms with Crippen molar-refractivity contribution >= 4 is 9.84 Å². The summed E-state index contributed by atoms with van der Waals surface area (Å²) in [6.45, 7) is 3.06. The van der Waals surface area contributed by atoms with E-state index < -0.39 is 20.7 Å². The van der Waals surface area contributed by atoms with Crippen molar-refractivity contribution < 1.29 is 18.3 Å². The number of benzene rings is 1. The molecule has 0 spiro atoms. The molecule has 1 unspecified atom stereocenters. The molecule has 0 amide bonds. The number of hydrogen-bond donors (Lipinski definition) is 1. The molecule has 0 bridgehead atoms. The maximum atomic E-state index is 11.7. The van der Waals surface area contributed by atoms with Gasteiger partial charge in [0.2, 0.25) is 0 Å². The molecule has 5 heteroatoms. The first-order valence-corrected chi connectivity index (χ1v) is 8.25. The molecule has 4 nitrogen and oxygen atoms in total. The van der Waals surface area contributed by atoms with E-state index in [0.29, 0.717) is 11.3 Å². The molecule has 1 saturated carbocycles. The van der Waals surface area contributed by atoms with Crippen molar-refractivity contribution in [2.75, 3.05) is 6.26 Å². The lowest BCUT2D eigenvalue weighted by atomic mass is 9.98. The predicted molar refractivity (Wildman–Crippen MR) is 74.0 cm³/mol. The topological polar surface area (TPSA) is 63.6 Å². The molecule has 1 aliphatic rings. The summed E-state index contributed by atoms with van der Waals surface area (Å²) in [5.74, 6) is 0.684. The van der Waals surface area contributed by atoms with E-state index in [1.54, 1.807) is 18.2 Å². The van der Waals surface area contributed by atoms with Crippen LogP contribution in [0.5, 0.6) is 5.75 Å². The fourth-order valence-electron chi connectivity index (χ4n) is 1.74. The molecule has 106 valence electrons. The zero-order chi connectivity index (χ0) is 14.3. The summed E-state index contributed by atoms with van der Waals surface area (Å²) >= 11 is 0. The SMILES string of the molecule is CC(C)(C(O)c1cccc(OC2CC2)c1)S(C)(=O)=O. The van der Waals surface area contributed by atoms with Crippen LogP contribution in [0.3, 0.4) is 0 Å². The van der Waals surface area contributed by atoms with E-state index in [1.807, 2.05) is 6.07 Å². The molecule has 2 rings (SSSR count). The van der Waals surface area contributed by atoms with Gasteiger partial charge in [0.25, 0.3) is 0 Å². The Labute approximate surface area is 114 Å². The van der Waals surface area contributed by atoms with Gasteiger partial charge in [-0.3, -0.25) is 0 Å². The third-order valence-corrected chi connectivity index (χ3v) is 5.75. The van der Waals surface area contributed by atoms with Gasteiger partial charge in [-0.05, 0) is 44.4 Å². The second-order valence-electron chi connectivity index (χ2n) is 5.67. The molecule has 1 fully saturated rings. The van der Waals surface area contributed by atoms with E-state index in [4.69, 9.17) is 4.74 Å². The minimum Gasteiger partial charge on any atom is -0.490 e. The van der Waals surface area contributed by atoms with Gasteiger partial charge in [-0.1, -0.05) is 12.1 Å². The third-order valence-electron chi connectivity index (χ3n) is 3.62. The third kappa shape index (κ3) is 3.09. The Hall–Kier alpha value is -1.07. The monoisotopic (exact) mass is 284 g/mol. The van der Waals surface area contributed by atoms with Crippen LogP contribution in [0.15, 0.2) is 24.3 Å². The van der Waals surface area contributed by atoms with Crippen molar-refractivity contribution in [2.45, 2.75) is 43.6 Å². The van der Waals surface area contributed by atoms with Crippen LogP contribution in [-0.2, 0) is 9.84 Å². The van der Waals surface area contributed by atoms with E-state index in [9.17, 15) is 13.5 Å². The zero-order valence-corrected chi connectivity index (χ0v) is 12.3. The highest BCUT2D eigenvalue weighted by Crippen LogP contribution is 2.34. The first kappa shape index (κ1) is 14.3. The Morgan fingerprint density at radius 1 is 1.37 bits per heavy atom. The van der Waals surface area contributed by atoms with Gasteiger partial charge in [-0.25, -0.2) is 8.42 Å². The van der Waals surface area contributed by atoms with Crippen molar-refractivity contribution in [1.29, 1.82) is 0 Å². The summed E-state index contributed by atoms with van der Waals surface area (Å²) in [5.41, 5.74) is 0.563. The molecule has 1 aliphatic carbocycles. The van der Waals surface area contributed by atoms with Crippen molar-refractivity contribution in [1.82, 2.24) is 0 Å². The van der Waals surface area contributed by atoms with E-state index in [1.165, 1.54) is 13.8 Å². The molecule has 0 heterocycles. The van der Waals surface area contributed by atoms with Crippen LogP contribution in [0.2, 0.25) is 0 Å². The zero-order valence-electron chi connectivity index (χ0n) is 11.5. The smallest absolute Gasteiger partial charge is 0.155 e. The van der Waals surface area contributed by atoms with Gasteiger partial charge in [-0.2, -0.15) is 0 Å². The van der Waals surface area contributed by atoms with Crippen LogP contribution in [-0.4, -0.2) is 30.6 Å². The van der Waals surface area contributed by atoms with Gasteiger partial charge in [0, 0.05) is 6.26 Å². The lowest BCUT2D eigenvalue weighted by molar-refractivity contribution is 0.139. The molecule has 1 aromatic carbocycles. The average Bonchev–Trinajstić information content (AvgIpc) is 3.10. The summed E-state index contributed by atoms with van der Waals surface area (Å²) in [4.78, 5) is 0. The fourth-order valence-corrected chi connectivity index (χ4v) is 2.28. The molecule has 0 aliphatic heterocycles. The van der Waals surface area contributed by atoms with Crippen LogP contribution >= 0.6 is 0 Å². The second-order valence-corrected chi connectivity index (χ2v) is 8.26. The lowest BCUT2D eigenvalue weighted by Crippen LogP contribution is -2.37. The molecular weight excluding hydrogens is 264 g/mol. The minimum absolute atomic E-state index is 0.273. The normalized spacial score (nSPS) is 18.1. The van der Waals surface area contributed by atoms with E-state index in [2.05, 4.69) is 0 Å². The Kier molecular flexibility index (Phi) is 3.62. The lowest BCUT2D eigenvalue weighted by Gasteiger charge is -2.29. The number of aliphatic hydroxyl groups excluding tert-OH is 1. The Bertz CT molecular complexity index is 559. The molecule has 1 atom stereocenters. The maximum Gasteiger partial charge on any atom is 0.155 e. The van der Waals surface area contributed by atoms with Crippen molar-refractivity contribution in [3.63, 3.8) is 0 Å². The number of ether oxygens (including phenoxy) is 1. The Balaban J connectivity index is 2.25. The van der Waals surface area contributed by atoms with Gasteiger partial charge in [-0.15, -0.1) is 0 Å². The summed E-state index contributed by atoms with van der Waals surface area (Å²) in [5, 5.41) is 10.3. The number of aliphatic hydroxyl groups is 1. The van der Waals surface area contributed by atoms with Gasteiger partial charge in [0.15, 0.2) is 9.84 Å². The summed E-state index contributed by atoms with van der Waals surface area (Å²) in [6, 6.07) is 7.03. The highest BCUT2D eigenvalue weighted by Gasteiger charge is 2.39. The highest BCUT2D eigenvalue weighted by molar-refractivity contribution is 7.92. The van der Waals surface area contributed by atoms with E-state index >= 15 is 0 Å². The van der Waals surface area contributed by atoms with Crippen LogP contribution in [0.25, 0.3) is 0 Å². The molecule has 0 aromatic heterocycles. The molecule has 1 N–H and O–H groups in total. The largest absolute Gasteiger partial charge is 0.490 e. The second kappa shape index (κ2) is 4.80. The van der Waals surface area contributed by atoms with Gasteiger partial charge in [0.05, 0.1) is 17.0 Å². The first-order valence-electron chi connectivity index (χ1n) is 6.36. The van der Waals surface area contributed by atoms with E-state index in [0.717, 1.165) is 19.1 Å². The van der Waals surface area contributed by atoms with Crippen LogP contribution in [0.1, 0.15) is 38.4 Å². The molecule has 0 saturated heterocycles. The molecule has 19 heavy (non-hydrogen) atoms. The summed E-state index contributed by atoms with van der Waals surface area (Å²) in [7, 11) is -3.36. The fraction of sp³-hybridized carbons (Fsp3) is 0.571. The average molecular weight is 284 g/mol. The van der Waals surface area contributed by atoms with Crippen molar-refractivity contribution in [3.8, 4) is 5.75 Å². The first-order chi connectivity index (χ1) is 8.72. The van der Waals surface area contributed by atoms with Gasteiger partial charge < -0.3 is 9.84 Å². The minimum atomic E-state index is -3.36. The highest BCUT2D eigenvalue weighted by atomic mass is 32.2. The molecule has 1 aromatic rings. The Morgan fingerprint density at radius 3 is 2.53 bits per heavy atom. The van der Waals surface area contributed by atoms with Gasteiger partial charge in [0.1, 0.15) is 5.75 Å². The molecular formula is C14H20O4S. The van der Waals surface area contributed by atoms with Gasteiger partial charge >= 0.3 is 0 Å². The van der Waals surface area contributed by atoms with Crippen LogP contribution < -0.4 is 4.74 Å². The molecule has 0 radical (unpaired) electrons. The van der Waals surface area contributed by atoms with Crippen LogP contribution in [0.4, 0.5) is 0 Å². The maximum absolute atomic E-state index is 11.7. The standard InChI is InChI=1S/C14H20O4S/c1-14(2,19(3,16)17)13(15)10-5-4-6-12(9-10)18-11-7-8-11/h4-6,9,11,13,15H,7-8H2,1-3H3. The Morgan fingerprint density at radius 2 is 2.00 bits per heavy atom. The van der Waals surface area contributed by atoms with Crippen molar-refractivity contribution in [3.05, 3.63) is 29.8 Å².